The summed E-state index contributed by atoms with van der Waals surface area (Å²) in [6, 6.07) is 0.714. The van der Waals surface area contributed by atoms with Gasteiger partial charge in [-0.15, -0.1) is 0 Å². The zero-order valence-corrected chi connectivity index (χ0v) is 31.8. The first kappa shape index (κ1) is 43.4. The van der Waals surface area contributed by atoms with E-state index >= 15 is 0 Å². The monoisotopic (exact) mass is 654 g/mol. The van der Waals surface area contributed by atoms with Crippen LogP contribution in [0.2, 0.25) is 0 Å². The van der Waals surface area contributed by atoms with Gasteiger partial charge in [0.15, 0.2) is 0 Å². The summed E-state index contributed by atoms with van der Waals surface area (Å²) in [7, 11) is 0. The van der Waals surface area contributed by atoms with Crippen molar-refractivity contribution in [3.05, 3.63) is 48.6 Å². The molecule has 1 aliphatic rings. The predicted molar refractivity (Wildman–Crippen MR) is 208 cm³/mol. The van der Waals surface area contributed by atoms with Crippen molar-refractivity contribution in [3.8, 4) is 0 Å². The number of hydrogen-bond donors (Lipinski definition) is 0. The van der Waals surface area contributed by atoms with Crippen molar-refractivity contribution in [3.63, 3.8) is 0 Å². The van der Waals surface area contributed by atoms with Crippen LogP contribution in [0, 0.1) is 0 Å². The number of carbonyl (C=O) groups is 1. The maximum Gasteiger partial charge on any atom is 0.306 e. The van der Waals surface area contributed by atoms with E-state index in [0.717, 1.165) is 38.6 Å². The molecule has 3 nitrogen and oxygen atoms in total. The van der Waals surface area contributed by atoms with Gasteiger partial charge in [-0.05, 0) is 110 Å². The Morgan fingerprint density at radius 1 is 0.574 bits per heavy atom. The molecule has 0 aliphatic carbocycles. The minimum absolute atomic E-state index is 0.0320. The van der Waals surface area contributed by atoms with E-state index in [2.05, 4.69) is 74.3 Å². The summed E-state index contributed by atoms with van der Waals surface area (Å²) in [4.78, 5) is 15.1. The van der Waals surface area contributed by atoms with E-state index in [4.69, 9.17) is 4.74 Å². The highest BCUT2D eigenvalue weighted by Crippen LogP contribution is 2.20. The van der Waals surface area contributed by atoms with Crippen LogP contribution in [0.25, 0.3) is 0 Å². The third kappa shape index (κ3) is 31.4. The van der Waals surface area contributed by atoms with E-state index in [0.29, 0.717) is 12.5 Å². The van der Waals surface area contributed by atoms with E-state index in [9.17, 15) is 4.79 Å². The van der Waals surface area contributed by atoms with Crippen molar-refractivity contribution >= 4 is 5.97 Å². The van der Waals surface area contributed by atoms with Crippen LogP contribution in [0.15, 0.2) is 48.6 Å². The molecule has 0 aromatic carbocycles. The van der Waals surface area contributed by atoms with Crippen molar-refractivity contribution in [1.82, 2.24) is 4.90 Å². The lowest BCUT2D eigenvalue weighted by molar-refractivity contribution is -0.150. The Labute approximate surface area is 294 Å². The quantitative estimate of drug-likeness (QED) is 0.0295. The molecule has 0 aromatic heterocycles. The number of esters is 1. The third-order valence-electron chi connectivity index (χ3n) is 9.57. The van der Waals surface area contributed by atoms with Crippen LogP contribution < -0.4 is 0 Å². The molecule has 0 aromatic rings. The number of carbonyl (C=O) groups excluding carboxylic acids is 1. The Morgan fingerprint density at radius 3 is 1.36 bits per heavy atom. The second-order valence-corrected chi connectivity index (χ2v) is 14.3. The second-order valence-electron chi connectivity index (χ2n) is 14.3. The minimum Gasteiger partial charge on any atom is -0.462 e. The summed E-state index contributed by atoms with van der Waals surface area (Å²) in [6.07, 6.45) is 53.0. The predicted octanol–water partition coefficient (Wildman–Crippen LogP) is 13.8. The number of hydrogen-bond acceptors (Lipinski definition) is 3. The van der Waals surface area contributed by atoms with Gasteiger partial charge in [0.2, 0.25) is 0 Å². The van der Waals surface area contributed by atoms with Crippen LogP contribution >= 0.6 is 0 Å². The third-order valence-corrected chi connectivity index (χ3v) is 9.57. The molecular formula is C44H79NO2. The first-order chi connectivity index (χ1) is 23.2. The maximum atomic E-state index is 12.6. The highest BCUT2D eigenvalue weighted by Gasteiger charge is 2.28. The van der Waals surface area contributed by atoms with Gasteiger partial charge >= 0.3 is 5.97 Å². The molecule has 0 saturated carbocycles. The summed E-state index contributed by atoms with van der Waals surface area (Å²) in [5.74, 6) is 0.0320. The van der Waals surface area contributed by atoms with Gasteiger partial charge in [-0.3, -0.25) is 9.69 Å². The van der Waals surface area contributed by atoms with E-state index in [-0.39, 0.29) is 12.1 Å². The Kier molecular flexibility index (Phi) is 31.6. The Hall–Kier alpha value is -1.61. The smallest absolute Gasteiger partial charge is 0.306 e. The fraction of sp³-hybridized carbons (Fsp3) is 0.795. The highest BCUT2D eigenvalue weighted by molar-refractivity contribution is 5.69. The molecule has 2 unspecified atom stereocenters. The summed E-state index contributed by atoms with van der Waals surface area (Å²) < 4.78 is 6.05. The number of allylic oxidation sites excluding steroid dienone is 8. The summed E-state index contributed by atoms with van der Waals surface area (Å²) in [5, 5.41) is 0. The fourth-order valence-corrected chi connectivity index (χ4v) is 6.26. The average molecular weight is 654 g/mol. The molecule has 2 atom stereocenters. The Bertz CT molecular complexity index is 749. The first-order valence-corrected chi connectivity index (χ1v) is 20.7. The number of nitrogens with zero attached hydrogens (tertiary/aromatic N) is 1. The lowest BCUT2D eigenvalue weighted by Crippen LogP contribution is -2.19. The van der Waals surface area contributed by atoms with Crippen molar-refractivity contribution in [2.75, 3.05) is 13.1 Å². The summed E-state index contributed by atoms with van der Waals surface area (Å²) in [6.45, 7) is 9.02. The molecule has 1 heterocycles. The summed E-state index contributed by atoms with van der Waals surface area (Å²) >= 11 is 0. The van der Waals surface area contributed by atoms with Gasteiger partial charge in [0.1, 0.15) is 6.10 Å². The molecule has 0 N–H and O–H groups in total. The van der Waals surface area contributed by atoms with Gasteiger partial charge in [0.05, 0.1) is 0 Å². The Morgan fingerprint density at radius 2 is 0.957 bits per heavy atom. The lowest BCUT2D eigenvalue weighted by atomic mass is 10.0. The molecular weight excluding hydrogens is 574 g/mol. The largest absolute Gasteiger partial charge is 0.462 e. The van der Waals surface area contributed by atoms with Crippen molar-refractivity contribution in [2.45, 2.75) is 213 Å². The minimum atomic E-state index is 0.0320. The molecule has 1 aliphatic heterocycles. The number of ether oxygens (including phenoxy) is 1. The molecule has 1 fully saturated rings. The molecule has 272 valence electrons. The molecule has 0 amide bonds. The average Bonchev–Trinajstić information content (AvgIpc) is 3.78. The van der Waals surface area contributed by atoms with Crippen LogP contribution in [-0.2, 0) is 9.53 Å². The Balaban J connectivity index is 2.12. The topological polar surface area (TPSA) is 29.3 Å². The summed E-state index contributed by atoms with van der Waals surface area (Å²) in [5.41, 5.74) is 0. The normalized spacial score (nSPS) is 17.2. The number of unbranched alkanes of at least 4 members (excludes halogenated alkanes) is 18. The van der Waals surface area contributed by atoms with E-state index in [1.54, 1.807) is 0 Å². The van der Waals surface area contributed by atoms with E-state index in [1.165, 1.54) is 148 Å². The zero-order chi connectivity index (χ0) is 33.9. The van der Waals surface area contributed by atoms with Gasteiger partial charge in [0.25, 0.3) is 0 Å². The molecule has 1 rings (SSSR count). The molecule has 1 saturated heterocycles. The number of rotatable bonds is 35. The van der Waals surface area contributed by atoms with Gasteiger partial charge < -0.3 is 4.74 Å². The van der Waals surface area contributed by atoms with Crippen LogP contribution in [0.4, 0.5) is 0 Å². The van der Waals surface area contributed by atoms with Crippen LogP contribution in [0.5, 0.6) is 0 Å². The molecule has 0 spiro atoms. The molecule has 0 bridgehead atoms. The maximum absolute atomic E-state index is 12.6. The highest BCUT2D eigenvalue weighted by atomic mass is 16.5. The van der Waals surface area contributed by atoms with E-state index in [1.807, 2.05) is 0 Å². The SMILES string of the molecule is CCCCCC=CCC=CCCCCCCCCC(CCCCCCCCC=CCC=CCCCCC)OC(=O)CCCN1CC1C. The van der Waals surface area contributed by atoms with Crippen molar-refractivity contribution in [2.24, 2.45) is 0 Å². The molecule has 0 radical (unpaired) electrons. The van der Waals surface area contributed by atoms with E-state index < -0.39 is 0 Å². The molecule has 47 heavy (non-hydrogen) atoms. The van der Waals surface area contributed by atoms with Gasteiger partial charge in [-0.2, -0.15) is 0 Å². The van der Waals surface area contributed by atoms with Crippen molar-refractivity contribution < 1.29 is 9.53 Å². The van der Waals surface area contributed by atoms with Crippen LogP contribution in [0.3, 0.4) is 0 Å². The van der Waals surface area contributed by atoms with Gasteiger partial charge in [0, 0.05) is 19.0 Å². The van der Waals surface area contributed by atoms with Gasteiger partial charge in [-0.25, -0.2) is 0 Å². The van der Waals surface area contributed by atoms with Crippen molar-refractivity contribution in [1.29, 1.82) is 0 Å². The standard InChI is InChI=1S/C44H79NO2/c1-4-6-8-10-12-14-16-18-20-22-24-26-28-30-32-34-37-43(47-44(46)39-36-40-45-41-42(45)3)38-35-33-31-29-27-25-23-21-19-17-15-13-11-9-7-5-2/h12-15,18-21,42-43H,4-11,16-17,22-41H2,1-3H3. The second kappa shape index (κ2) is 34.3. The lowest BCUT2D eigenvalue weighted by Gasteiger charge is -2.18. The zero-order valence-electron chi connectivity index (χ0n) is 31.8. The first-order valence-electron chi connectivity index (χ1n) is 20.7. The fourth-order valence-electron chi connectivity index (χ4n) is 6.26. The van der Waals surface area contributed by atoms with Crippen LogP contribution in [-0.4, -0.2) is 36.1 Å². The van der Waals surface area contributed by atoms with Crippen LogP contribution in [0.1, 0.15) is 201 Å². The van der Waals surface area contributed by atoms with Gasteiger partial charge in [-0.1, -0.05) is 140 Å². The molecule has 3 heteroatoms.